The molecule has 0 atom stereocenters. The summed E-state index contributed by atoms with van der Waals surface area (Å²) in [6, 6.07) is 56.1. The Bertz CT molecular complexity index is 4160. The zero-order valence-electron chi connectivity index (χ0n) is 42.6. The topological polar surface area (TPSA) is 35.6 Å². The van der Waals surface area contributed by atoms with Crippen molar-refractivity contribution in [3.63, 3.8) is 0 Å². The van der Waals surface area contributed by atoms with Crippen molar-refractivity contribution in [2.45, 2.75) is 87.1 Å². The fourth-order valence-electron chi connectivity index (χ4n) is 12.3. The second kappa shape index (κ2) is 19.7. The molecule has 0 saturated heterocycles. The second-order valence-electron chi connectivity index (χ2n) is 20.4. The Morgan fingerprint density at radius 2 is 0.844 bits per heavy atom. The number of rotatable bonds is 6. The van der Waals surface area contributed by atoms with E-state index in [0.717, 1.165) is 50.2 Å². The van der Waals surface area contributed by atoms with Gasteiger partial charge in [0.15, 0.2) is 0 Å². The molecular formula is C65H42B2N4Pt2S4-6. The van der Waals surface area contributed by atoms with Gasteiger partial charge in [0.25, 0.3) is 0 Å². The first kappa shape index (κ1) is 51.0. The van der Waals surface area contributed by atoms with Crippen LogP contribution in [-0.2, 0) is 42.1 Å². The van der Waals surface area contributed by atoms with Crippen LogP contribution < -0.4 is 32.8 Å². The molecule has 12 heteroatoms. The maximum Gasteiger partial charge on any atom is 0.202 e. The zero-order chi connectivity index (χ0) is 50.4. The molecule has 0 fully saturated rings. The molecule has 8 aromatic carbocycles. The molecule has 4 aliphatic heterocycles. The van der Waals surface area contributed by atoms with Crippen LogP contribution in [0.5, 0.6) is 0 Å². The van der Waals surface area contributed by atoms with E-state index in [4.69, 9.17) is 10.2 Å². The SMILES string of the molecule is Cc1cc(C)c(-c2cnn(-c3[c-]c4c(cc3)Sc3cccc5c3B4c3[c-]c(C4=[C-]CC(c6[c-]c7c(cc6)Sc6cccc8c6B7c6[c-]c(-n7cc(-c9c(C)cc(C)cc9C)cn7)ccc6S8)=[C-]4)ccc3S5)c2)c(C)c1.[Pt].[Pt]. The molecule has 6 heterocycles. The monoisotopic (exact) mass is 1420 g/mol. The third kappa shape index (κ3) is 8.50. The van der Waals surface area contributed by atoms with E-state index >= 15 is 0 Å². The minimum atomic E-state index is -0.0318. The van der Waals surface area contributed by atoms with Crippen molar-refractivity contribution in [2.75, 3.05) is 0 Å². The maximum absolute atomic E-state index is 4.91. The summed E-state index contributed by atoms with van der Waals surface area (Å²) in [7, 11) is 0. The first-order valence-electron chi connectivity index (χ1n) is 25.3. The van der Waals surface area contributed by atoms with Gasteiger partial charge in [0.1, 0.15) is 0 Å². The summed E-state index contributed by atoms with van der Waals surface area (Å²) in [4.78, 5) is 10.0. The number of fused-ring (bicyclic) bond motifs is 8. The molecule has 0 saturated carbocycles. The minimum absolute atomic E-state index is 0. The molecule has 0 radical (unpaired) electrons. The summed E-state index contributed by atoms with van der Waals surface area (Å²) in [5.74, 6) is 0. The average Bonchev–Trinajstić information content (AvgIpc) is 4.22. The van der Waals surface area contributed by atoms with Gasteiger partial charge in [-0.15, -0.1) is 69.1 Å². The quantitative estimate of drug-likeness (QED) is 0.122. The first-order chi connectivity index (χ1) is 36.6. The van der Waals surface area contributed by atoms with Crippen LogP contribution in [0.1, 0.15) is 50.9 Å². The third-order valence-corrected chi connectivity index (χ3v) is 19.9. The molecule has 15 rings (SSSR count). The Balaban J connectivity index is 0.00000283. The fourth-order valence-corrected chi connectivity index (χ4v) is 16.9. The Hall–Kier alpha value is -5.43. The van der Waals surface area contributed by atoms with Crippen molar-refractivity contribution in [2.24, 2.45) is 0 Å². The van der Waals surface area contributed by atoms with E-state index in [1.165, 1.54) is 111 Å². The third-order valence-electron chi connectivity index (χ3n) is 15.3. The van der Waals surface area contributed by atoms with Crippen LogP contribution in [0.15, 0.2) is 173 Å². The number of hydrogen-bond acceptors (Lipinski definition) is 6. The van der Waals surface area contributed by atoms with Gasteiger partial charge in [-0.25, -0.2) is 0 Å². The molecule has 1 aliphatic carbocycles. The van der Waals surface area contributed by atoms with Gasteiger partial charge in [0.05, 0.1) is 12.4 Å². The van der Waals surface area contributed by atoms with Crippen molar-refractivity contribution in [3.05, 3.63) is 215 Å². The van der Waals surface area contributed by atoms with Crippen molar-refractivity contribution in [1.29, 1.82) is 0 Å². The van der Waals surface area contributed by atoms with E-state index in [0.29, 0.717) is 6.42 Å². The minimum Gasteiger partial charge on any atom is -0.473 e. The predicted molar refractivity (Wildman–Crippen MR) is 311 cm³/mol. The van der Waals surface area contributed by atoms with Crippen LogP contribution in [0.4, 0.5) is 0 Å². The Kier molecular flexibility index (Phi) is 13.1. The largest absolute Gasteiger partial charge is 0.473 e. The Morgan fingerprint density at radius 3 is 1.29 bits per heavy atom. The fraction of sp³-hybridized carbons (Fsp3) is 0.108. The van der Waals surface area contributed by atoms with Gasteiger partial charge in [-0.2, -0.15) is 92.4 Å². The van der Waals surface area contributed by atoms with E-state index in [-0.39, 0.29) is 55.6 Å². The Morgan fingerprint density at radius 1 is 0.455 bits per heavy atom. The smallest absolute Gasteiger partial charge is 0.202 e. The molecule has 0 unspecified atom stereocenters. The first-order valence-corrected chi connectivity index (χ1v) is 28.6. The summed E-state index contributed by atoms with van der Waals surface area (Å²) in [6.07, 6.45) is 16.5. The molecule has 0 amide bonds. The van der Waals surface area contributed by atoms with Gasteiger partial charge in [0.2, 0.25) is 13.4 Å². The van der Waals surface area contributed by atoms with E-state index in [1.54, 1.807) is 0 Å². The van der Waals surface area contributed by atoms with Crippen molar-refractivity contribution in [1.82, 2.24) is 19.6 Å². The van der Waals surface area contributed by atoms with Gasteiger partial charge < -0.3 is 23.3 Å². The van der Waals surface area contributed by atoms with E-state index in [9.17, 15) is 0 Å². The zero-order valence-corrected chi connectivity index (χ0v) is 50.4. The Labute approximate surface area is 497 Å². The standard InChI is InChI=1S/C65H42B2N4S4.2Pt/c1-36-23-38(3)62(39(4)24-36)46-32-68-70(34-46)48-17-21-56-52(30-48)66-50-28-44(15-19-54(50)72-58-9-7-11-60(74-56)64(58)66)42-13-14-43(27-42)45-16-20-55-51(29-45)67-53-31-49(18-22-57(53)75-61-12-8-10-59(73-55)65(61)67)71-35-47(33-69-71)63-40(5)25-37(2)26-41(63)6;;/h7-12,15-26,32-35H,13H2,1-6H3;;/q-6;;. The van der Waals surface area contributed by atoms with Crippen LogP contribution in [0, 0.1) is 78.0 Å². The molecule has 0 spiro atoms. The molecule has 378 valence electrons. The molecular weight excluding hydrogens is 1380 g/mol. The number of allylic oxidation sites excluding steroid dienone is 4. The van der Waals surface area contributed by atoms with Crippen LogP contribution >= 0.6 is 47.0 Å². The van der Waals surface area contributed by atoms with Gasteiger partial charge in [0, 0.05) is 65.7 Å². The summed E-state index contributed by atoms with van der Waals surface area (Å²) in [6.45, 7) is 13.0. The van der Waals surface area contributed by atoms with Crippen LogP contribution in [0.25, 0.3) is 44.8 Å². The number of hydrogen-bond donors (Lipinski definition) is 0. The molecule has 5 aliphatic rings. The van der Waals surface area contributed by atoms with Crippen molar-refractivity contribution >= 4 is 104 Å². The van der Waals surface area contributed by atoms with E-state index in [1.807, 2.05) is 68.8 Å². The second-order valence-corrected chi connectivity index (χ2v) is 24.7. The van der Waals surface area contributed by atoms with Gasteiger partial charge >= 0.3 is 0 Å². The van der Waals surface area contributed by atoms with Gasteiger partial charge in [-0.1, -0.05) is 57.3 Å². The molecule has 77 heavy (non-hydrogen) atoms. The van der Waals surface area contributed by atoms with E-state index < -0.39 is 0 Å². The normalized spacial score (nSPS) is 14.0. The molecule has 0 bridgehead atoms. The number of benzene rings is 8. The molecule has 2 aromatic heterocycles. The predicted octanol–water partition coefficient (Wildman–Crippen LogP) is 11.8. The number of nitrogens with zero attached hydrogens (tertiary/aromatic N) is 4. The van der Waals surface area contributed by atoms with E-state index in [2.05, 4.69) is 200 Å². The summed E-state index contributed by atoms with van der Waals surface area (Å²) in [5, 5.41) is 9.82. The molecule has 10 aromatic rings. The van der Waals surface area contributed by atoms with Crippen LogP contribution in [-0.4, -0.2) is 33.0 Å². The van der Waals surface area contributed by atoms with Gasteiger partial charge in [-0.05, 0) is 141 Å². The number of aryl methyl sites for hydroxylation is 6. The number of aromatic nitrogens is 4. The summed E-state index contributed by atoms with van der Waals surface area (Å²) >= 11 is 7.37. The van der Waals surface area contributed by atoms with Gasteiger partial charge in [-0.3, -0.25) is 27.1 Å². The molecule has 0 N–H and O–H groups in total. The van der Waals surface area contributed by atoms with Crippen LogP contribution in [0.3, 0.4) is 0 Å². The average molecular weight is 1420 g/mol. The van der Waals surface area contributed by atoms with Crippen LogP contribution in [0.2, 0.25) is 0 Å². The molecule has 4 nitrogen and oxygen atoms in total. The van der Waals surface area contributed by atoms with Crippen molar-refractivity contribution < 1.29 is 42.1 Å². The summed E-state index contributed by atoms with van der Waals surface area (Å²) in [5.41, 5.74) is 25.6. The van der Waals surface area contributed by atoms with Crippen molar-refractivity contribution in [3.8, 4) is 33.6 Å². The summed E-state index contributed by atoms with van der Waals surface area (Å²) < 4.78 is 3.97. The maximum atomic E-state index is 4.91.